The summed E-state index contributed by atoms with van der Waals surface area (Å²) in [6.07, 6.45) is 0.835. The molecule has 5 heteroatoms. The summed E-state index contributed by atoms with van der Waals surface area (Å²) in [4.78, 5) is 18.7. The lowest BCUT2D eigenvalue weighted by atomic mass is 10.0. The van der Waals surface area contributed by atoms with Crippen LogP contribution in [0.15, 0.2) is 48.5 Å². The third-order valence-electron chi connectivity index (χ3n) is 5.64. The zero-order chi connectivity index (χ0) is 18.5. The van der Waals surface area contributed by atoms with Gasteiger partial charge in [0.25, 0.3) is 5.91 Å². The fourth-order valence-electron chi connectivity index (χ4n) is 4.15. The van der Waals surface area contributed by atoms with Crippen LogP contribution in [0, 0.1) is 0 Å². The lowest BCUT2D eigenvalue weighted by Crippen LogP contribution is -2.36. The highest BCUT2D eigenvalue weighted by Crippen LogP contribution is 2.31. The Morgan fingerprint density at radius 3 is 2.81 bits per heavy atom. The highest BCUT2D eigenvalue weighted by Gasteiger charge is 2.26. The van der Waals surface area contributed by atoms with Gasteiger partial charge in [0.05, 0.1) is 7.11 Å². The first-order chi connectivity index (χ1) is 13.2. The molecular weight excluding hydrogens is 338 g/mol. The summed E-state index contributed by atoms with van der Waals surface area (Å²) < 4.78 is 7.37. The average molecular weight is 359 g/mol. The summed E-state index contributed by atoms with van der Waals surface area (Å²) in [6, 6.07) is 16.1. The van der Waals surface area contributed by atoms with E-state index in [4.69, 9.17) is 4.74 Å². The average Bonchev–Trinajstić information content (AvgIpc) is 3.24. The molecule has 0 bridgehead atoms. The van der Waals surface area contributed by atoms with Crippen LogP contribution in [0.2, 0.25) is 0 Å². The number of nitrogens with zero attached hydrogens (tertiary/aromatic N) is 2. The minimum atomic E-state index is 0.0802. The maximum Gasteiger partial charge on any atom is 0.270 e. The SMILES string of the molecule is COc1ccc2[nH]c3c(c2c1)CN(C(=O)c1cc2ccccc2n1C)CC3. The number of carbonyl (C=O) groups is 1. The number of methoxy groups -OCH3 is 1. The Kier molecular flexibility index (Phi) is 3.50. The number of fused-ring (bicyclic) bond motifs is 4. The largest absolute Gasteiger partial charge is 0.497 e. The molecule has 1 amide bonds. The van der Waals surface area contributed by atoms with E-state index in [-0.39, 0.29) is 5.91 Å². The second-order valence-electron chi connectivity index (χ2n) is 7.12. The number of nitrogens with one attached hydrogen (secondary N) is 1. The lowest BCUT2D eigenvalue weighted by molar-refractivity contribution is 0.0726. The van der Waals surface area contributed by atoms with E-state index in [1.807, 2.05) is 59.0 Å². The van der Waals surface area contributed by atoms with Gasteiger partial charge in [0.1, 0.15) is 11.4 Å². The molecule has 5 rings (SSSR count). The van der Waals surface area contributed by atoms with Crippen LogP contribution in [0.4, 0.5) is 0 Å². The molecule has 1 N–H and O–H groups in total. The summed E-state index contributed by atoms with van der Waals surface area (Å²) in [5, 5.41) is 2.23. The van der Waals surface area contributed by atoms with Crippen molar-refractivity contribution in [3.63, 3.8) is 0 Å². The van der Waals surface area contributed by atoms with Crippen LogP contribution in [0.1, 0.15) is 21.7 Å². The summed E-state index contributed by atoms with van der Waals surface area (Å²) in [5.41, 5.74) is 5.33. The van der Waals surface area contributed by atoms with Gasteiger partial charge in [-0.3, -0.25) is 4.79 Å². The maximum absolute atomic E-state index is 13.3. The Bertz CT molecular complexity index is 1190. The van der Waals surface area contributed by atoms with Crippen LogP contribution >= 0.6 is 0 Å². The van der Waals surface area contributed by atoms with E-state index in [9.17, 15) is 4.79 Å². The zero-order valence-corrected chi connectivity index (χ0v) is 15.5. The van der Waals surface area contributed by atoms with Crippen molar-refractivity contribution in [1.29, 1.82) is 0 Å². The van der Waals surface area contributed by atoms with Gasteiger partial charge in [-0.05, 0) is 30.3 Å². The molecule has 5 nitrogen and oxygen atoms in total. The number of aromatic nitrogens is 2. The highest BCUT2D eigenvalue weighted by molar-refractivity contribution is 5.99. The number of rotatable bonds is 2. The number of amides is 1. The molecule has 0 saturated carbocycles. The molecule has 1 aliphatic rings. The summed E-state index contributed by atoms with van der Waals surface area (Å²) in [7, 11) is 3.64. The van der Waals surface area contributed by atoms with Gasteiger partial charge < -0.3 is 19.2 Å². The molecule has 0 unspecified atom stereocenters. The minimum Gasteiger partial charge on any atom is -0.497 e. The Hall–Kier alpha value is -3.21. The van der Waals surface area contributed by atoms with Crippen LogP contribution in [0.3, 0.4) is 0 Å². The summed E-state index contributed by atoms with van der Waals surface area (Å²) in [6.45, 7) is 1.33. The lowest BCUT2D eigenvalue weighted by Gasteiger charge is -2.27. The first-order valence-electron chi connectivity index (χ1n) is 9.17. The molecule has 0 aliphatic carbocycles. The van der Waals surface area contributed by atoms with Gasteiger partial charge >= 0.3 is 0 Å². The highest BCUT2D eigenvalue weighted by atomic mass is 16.5. The van der Waals surface area contributed by atoms with Crippen molar-refractivity contribution in [2.75, 3.05) is 13.7 Å². The third-order valence-corrected chi connectivity index (χ3v) is 5.64. The van der Waals surface area contributed by atoms with Crippen LogP contribution in [-0.4, -0.2) is 34.0 Å². The summed E-state index contributed by atoms with van der Waals surface area (Å²) in [5.74, 6) is 0.915. The van der Waals surface area contributed by atoms with E-state index in [1.54, 1.807) is 7.11 Å². The number of H-pyrrole nitrogens is 1. The molecule has 0 saturated heterocycles. The Morgan fingerprint density at radius 1 is 1.15 bits per heavy atom. The molecule has 1 aliphatic heterocycles. The fourth-order valence-corrected chi connectivity index (χ4v) is 4.15. The molecule has 3 heterocycles. The topological polar surface area (TPSA) is 50.3 Å². The molecule has 0 spiro atoms. The van der Waals surface area contributed by atoms with E-state index in [0.717, 1.165) is 46.2 Å². The van der Waals surface area contributed by atoms with Gasteiger partial charge in [0.2, 0.25) is 0 Å². The molecular formula is C22H21N3O2. The van der Waals surface area contributed by atoms with Gasteiger partial charge in [-0.15, -0.1) is 0 Å². The normalized spacial score (nSPS) is 13.9. The number of para-hydroxylation sites is 1. The molecule has 0 atom stereocenters. The van der Waals surface area contributed by atoms with Crippen molar-refractivity contribution in [3.05, 3.63) is 65.5 Å². The van der Waals surface area contributed by atoms with Crippen molar-refractivity contribution >= 4 is 27.7 Å². The Labute approximate surface area is 157 Å². The Balaban J connectivity index is 1.52. The van der Waals surface area contributed by atoms with E-state index in [0.29, 0.717) is 6.54 Å². The minimum absolute atomic E-state index is 0.0802. The van der Waals surface area contributed by atoms with Crippen molar-refractivity contribution in [2.24, 2.45) is 7.05 Å². The van der Waals surface area contributed by atoms with Gasteiger partial charge in [-0.1, -0.05) is 18.2 Å². The molecule has 0 fully saturated rings. The molecule has 2 aromatic heterocycles. The van der Waals surface area contributed by atoms with Crippen LogP contribution < -0.4 is 4.74 Å². The smallest absolute Gasteiger partial charge is 0.270 e. The van der Waals surface area contributed by atoms with Crippen molar-refractivity contribution in [3.8, 4) is 5.75 Å². The molecule has 136 valence electrons. The van der Waals surface area contributed by atoms with Gasteiger partial charge in [-0.2, -0.15) is 0 Å². The van der Waals surface area contributed by atoms with Gasteiger partial charge in [0, 0.05) is 59.6 Å². The first-order valence-corrected chi connectivity index (χ1v) is 9.17. The third kappa shape index (κ3) is 2.42. The van der Waals surface area contributed by atoms with Gasteiger partial charge in [-0.25, -0.2) is 0 Å². The molecule has 4 aromatic rings. The Morgan fingerprint density at radius 2 is 2.00 bits per heavy atom. The van der Waals surface area contributed by atoms with Crippen molar-refractivity contribution < 1.29 is 9.53 Å². The van der Waals surface area contributed by atoms with Crippen molar-refractivity contribution in [1.82, 2.24) is 14.5 Å². The maximum atomic E-state index is 13.3. The van der Waals surface area contributed by atoms with Gasteiger partial charge in [0.15, 0.2) is 0 Å². The van der Waals surface area contributed by atoms with E-state index in [1.165, 1.54) is 11.3 Å². The number of benzene rings is 2. The molecule has 0 radical (unpaired) electrons. The van der Waals surface area contributed by atoms with Crippen LogP contribution in [-0.2, 0) is 20.0 Å². The summed E-state index contributed by atoms with van der Waals surface area (Å²) >= 11 is 0. The van der Waals surface area contributed by atoms with E-state index >= 15 is 0 Å². The van der Waals surface area contributed by atoms with E-state index < -0.39 is 0 Å². The second kappa shape index (κ2) is 5.91. The number of aromatic amines is 1. The fraction of sp³-hybridized carbons (Fsp3) is 0.227. The predicted molar refractivity (Wildman–Crippen MR) is 106 cm³/mol. The van der Waals surface area contributed by atoms with E-state index in [2.05, 4.69) is 11.1 Å². The number of carbonyl (C=O) groups excluding carboxylic acids is 1. The quantitative estimate of drug-likeness (QED) is 0.591. The van der Waals surface area contributed by atoms with Crippen LogP contribution in [0.25, 0.3) is 21.8 Å². The van der Waals surface area contributed by atoms with Crippen LogP contribution in [0.5, 0.6) is 5.75 Å². The zero-order valence-electron chi connectivity index (χ0n) is 15.5. The molecule has 2 aromatic carbocycles. The molecule has 27 heavy (non-hydrogen) atoms. The number of ether oxygens (including phenoxy) is 1. The van der Waals surface area contributed by atoms with Crippen molar-refractivity contribution in [2.45, 2.75) is 13.0 Å². The number of hydrogen-bond acceptors (Lipinski definition) is 2. The standard InChI is InChI=1S/C22H21N3O2/c1-24-20-6-4-3-5-14(20)11-21(24)22(26)25-10-9-19-17(13-25)16-12-15(27-2)7-8-18(16)23-19/h3-8,11-12,23H,9-10,13H2,1-2H3. The number of aryl methyl sites for hydroxylation is 1. The monoisotopic (exact) mass is 359 g/mol. The number of hydrogen-bond donors (Lipinski definition) is 1. The second-order valence-corrected chi connectivity index (χ2v) is 7.12. The first kappa shape index (κ1) is 16.0. The predicted octanol–water partition coefficient (Wildman–Crippen LogP) is 3.87.